The van der Waals surface area contributed by atoms with Gasteiger partial charge in [0.15, 0.2) is 23.2 Å². The lowest BCUT2D eigenvalue weighted by Crippen LogP contribution is -2.33. The second kappa shape index (κ2) is 7.85. The predicted molar refractivity (Wildman–Crippen MR) is 94.1 cm³/mol. The first-order valence-corrected chi connectivity index (χ1v) is 10.9. The third-order valence-electron chi connectivity index (χ3n) is 3.93. The Kier molecular flexibility index (Phi) is 5.95. The minimum atomic E-state index is -5.31. The number of aliphatic hydroxyl groups excluding tert-OH is 2. The number of nitrogens with zero attached hydrogens (tertiary/aromatic N) is 4. The molecular formula is C11H18N6O10P2. The van der Waals surface area contributed by atoms with E-state index in [2.05, 4.69) is 29.1 Å². The molecule has 16 nitrogen and oxygen atoms in total. The minimum absolute atomic E-state index is 0.0639. The summed E-state index contributed by atoms with van der Waals surface area (Å²) >= 11 is 0. The van der Waals surface area contributed by atoms with Gasteiger partial charge in [-0.3, -0.25) is 9.09 Å². The van der Waals surface area contributed by atoms with Crippen LogP contribution in [0.25, 0.3) is 11.2 Å². The van der Waals surface area contributed by atoms with E-state index in [1.54, 1.807) is 0 Å². The van der Waals surface area contributed by atoms with Gasteiger partial charge in [-0.15, -0.1) is 0 Å². The number of fused-ring (bicyclic) bond motifs is 1. The second-order valence-electron chi connectivity index (χ2n) is 5.87. The van der Waals surface area contributed by atoms with Crippen LogP contribution in [-0.4, -0.2) is 76.4 Å². The van der Waals surface area contributed by atoms with Crippen molar-refractivity contribution in [3.63, 3.8) is 0 Å². The lowest BCUT2D eigenvalue weighted by Gasteiger charge is -2.19. The molecular weight excluding hydrogens is 438 g/mol. The fraction of sp³-hybridized carbons (Fsp3) is 0.545. The Morgan fingerprint density at radius 2 is 1.97 bits per heavy atom. The van der Waals surface area contributed by atoms with E-state index in [9.17, 15) is 24.2 Å². The molecule has 3 rings (SSSR count). The molecule has 5 unspecified atom stereocenters. The largest absolute Gasteiger partial charge is 0.481 e. The van der Waals surface area contributed by atoms with Crippen molar-refractivity contribution >= 4 is 38.6 Å². The van der Waals surface area contributed by atoms with Gasteiger partial charge in [0.1, 0.15) is 24.6 Å². The normalized spacial score (nSPS) is 27.2. The lowest BCUT2D eigenvalue weighted by atomic mass is 10.1. The van der Waals surface area contributed by atoms with Crippen LogP contribution in [0.3, 0.4) is 0 Å². The molecule has 0 saturated carbocycles. The van der Waals surface area contributed by atoms with Gasteiger partial charge in [-0.2, -0.15) is 4.31 Å². The average molecular weight is 456 g/mol. The highest BCUT2D eigenvalue weighted by Gasteiger charge is 2.46. The Morgan fingerprint density at radius 1 is 1.28 bits per heavy atom. The molecule has 0 spiro atoms. The number of nitrogen functional groups attached to an aromatic ring is 1. The number of hydrogen-bond donors (Lipinski definition) is 7. The van der Waals surface area contributed by atoms with Crippen molar-refractivity contribution in [2.24, 2.45) is 0 Å². The minimum Gasteiger partial charge on any atom is -0.387 e. The highest BCUT2D eigenvalue weighted by atomic mass is 31.3. The number of aromatic nitrogens is 4. The molecule has 1 aliphatic rings. The van der Waals surface area contributed by atoms with Gasteiger partial charge in [0.25, 0.3) is 0 Å². The Bertz CT molecular complexity index is 996. The quantitative estimate of drug-likeness (QED) is 0.229. The maximum absolute atomic E-state index is 11.6. The second-order valence-corrected chi connectivity index (χ2v) is 8.70. The molecule has 29 heavy (non-hydrogen) atoms. The molecule has 0 bridgehead atoms. The Hall–Kier alpha value is -1.71. The molecule has 18 heteroatoms. The van der Waals surface area contributed by atoms with Crippen LogP contribution >= 0.6 is 15.6 Å². The third-order valence-corrected chi connectivity index (χ3v) is 6.08. The fourth-order valence-electron chi connectivity index (χ4n) is 2.75. The zero-order chi connectivity index (χ0) is 21.6. The molecule has 5 atom stereocenters. The molecule has 3 heterocycles. The van der Waals surface area contributed by atoms with Gasteiger partial charge < -0.3 is 40.7 Å². The number of nitrogens with two attached hydrogens (primary N) is 1. The number of imidazole rings is 1. The van der Waals surface area contributed by atoms with Crippen molar-refractivity contribution in [1.29, 1.82) is 0 Å². The van der Waals surface area contributed by atoms with Crippen LogP contribution in [-0.2, 0) is 22.7 Å². The molecule has 1 saturated heterocycles. The lowest BCUT2D eigenvalue weighted by molar-refractivity contribution is -0.0493. The Balaban J connectivity index is 1.84. The topological polar surface area (TPSA) is 245 Å². The number of nitrogens with one attached hydrogen (secondary N) is 1. The van der Waals surface area contributed by atoms with Crippen LogP contribution in [0.4, 0.5) is 11.8 Å². The van der Waals surface area contributed by atoms with Crippen LogP contribution in [0.15, 0.2) is 6.33 Å². The highest BCUT2D eigenvalue weighted by molar-refractivity contribution is 7.60. The van der Waals surface area contributed by atoms with Crippen molar-refractivity contribution in [1.82, 2.24) is 19.5 Å². The first-order valence-electron chi connectivity index (χ1n) is 7.85. The van der Waals surface area contributed by atoms with Gasteiger partial charge in [-0.05, 0) is 0 Å². The maximum Gasteiger partial charge on any atom is 0.481 e. The van der Waals surface area contributed by atoms with Crippen LogP contribution in [0.2, 0.25) is 0 Å². The van der Waals surface area contributed by atoms with Gasteiger partial charge in [-0.25, -0.2) is 24.1 Å². The number of hydrogen-bond acceptors (Lipinski definition) is 12. The summed E-state index contributed by atoms with van der Waals surface area (Å²) in [6.45, 7) is -0.832. The molecule has 0 radical (unpaired) electrons. The summed E-state index contributed by atoms with van der Waals surface area (Å²) in [6, 6.07) is 0. The third kappa shape index (κ3) is 4.57. The Labute approximate surface area is 162 Å². The summed E-state index contributed by atoms with van der Waals surface area (Å²) in [6.07, 6.45) is -4.62. The number of ether oxygens (including phenoxy) is 1. The smallest absolute Gasteiger partial charge is 0.387 e. The summed E-state index contributed by atoms with van der Waals surface area (Å²) in [4.78, 5) is 38.6. The predicted octanol–water partition coefficient (Wildman–Crippen LogP) is -1.70. The standard InChI is InChI=1S/C11H18N6O10P2/c1-13-11-16-5-8(12)14-3-15-9(5)17(11)10-7(19)6(18)4(26-10)2-25-29(23,24)27-28(20,21)22/h3-4,6-7,10,18-19H,2H2,1H3,(H,13,16)(H,23,24)(H2,12,14,15)(H2,20,21,22). The highest BCUT2D eigenvalue weighted by Crippen LogP contribution is 2.57. The van der Waals surface area contributed by atoms with E-state index in [0.717, 1.165) is 6.33 Å². The molecule has 2 aromatic heterocycles. The summed E-state index contributed by atoms with van der Waals surface area (Å²) in [7, 11) is -8.94. The van der Waals surface area contributed by atoms with Crippen molar-refractivity contribution in [3.05, 3.63) is 6.33 Å². The van der Waals surface area contributed by atoms with E-state index in [1.165, 1.54) is 11.6 Å². The van der Waals surface area contributed by atoms with E-state index in [-0.39, 0.29) is 22.9 Å². The van der Waals surface area contributed by atoms with Crippen molar-refractivity contribution in [2.75, 3.05) is 24.7 Å². The number of rotatable bonds is 7. The molecule has 1 fully saturated rings. The van der Waals surface area contributed by atoms with Crippen LogP contribution in [0.5, 0.6) is 0 Å². The van der Waals surface area contributed by atoms with Crippen molar-refractivity contribution < 1.29 is 47.6 Å². The van der Waals surface area contributed by atoms with Crippen LogP contribution < -0.4 is 11.1 Å². The van der Waals surface area contributed by atoms with Crippen LogP contribution in [0, 0.1) is 0 Å². The molecule has 2 aromatic rings. The molecule has 8 N–H and O–H groups in total. The monoisotopic (exact) mass is 456 g/mol. The molecule has 162 valence electrons. The van der Waals surface area contributed by atoms with Gasteiger partial charge in [0.2, 0.25) is 5.95 Å². The summed E-state index contributed by atoms with van der Waals surface area (Å²) in [5.41, 5.74) is 6.15. The summed E-state index contributed by atoms with van der Waals surface area (Å²) < 4.78 is 37.2. The summed E-state index contributed by atoms with van der Waals surface area (Å²) in [5.74, 6) is 0.233. The van der Waals surface area contributed by atoms with E-state index in [1.807, 2.05) is 0 Å². The van der Waals surface area contributed by atoms with Gasteiger partial charge in [0, 0.05) is 7.05 Å². The first kappa shape index (κ1) is 22.0. The van der Waals surface area contributed by atoms with Crippen molar-refractivity contribution in [3.8, 4) is 0 Å². The fourth-order valence-corrected chi connectivity index (χ4v) is 4.35. The maximum atomic E-state index is 11.6. The first-order chi connectivity index (χ1) is 13.4. The molecule has 0 aromatic carbocycles. The van der Waals surface area contributed by atoms with Gasteiger partial charge in [-0.1, -0.05) is 0 Å². The zero-order valence-corrected chi connectivity index (χ0v) is 16.4. The van der Waals surface area contributed by atoms with E-state index in [4.69, 9.17) is 20.3 Å². The molecule has 0 aliphatic carbocycles. The Morgan fingerprint density at radius 3 is 2.59 bits per heavy atom. The number of phosphoric ester groups is 1. The SMILES string of the molecule is CNc1nc2c(N)ncnc2n1C1OC(COP(=O)(O)OP(=O)(O)O)C(O)C1O. The number of phosphoric acid groups is 2. The number of aliphatic hydroxyl groups is 2. The molecule has 1 aliphatic heterocycles. The van der Waals surface area contributed by atoms with E-state index >= 15 is 0 Å². The van der Waals surface area contributed by atoms with Crippen molar-refractivity contribution in [2.45, 2.75) is 24.5 Å². The van der Waals surface area contributed by atoms with E-state index in [0.29, 0.717) is 0 Å². The molecule has 0 amide bonds. The average Bonchev–Trinajstić information content (AvgIpc) is 3.10. The van der Waals surface area contributed by atoms with E-state index < -0.39 is 46.8 Å². The van der Waals surface area contributed by atoms with Gasteiger partial charge >= 0.3 is 15.6 Å². The number of anilines is 2. The van der Waals surface area contributed by atoms with Gasteiger partial charge in [0.05, 0.1) is 6.61 Å². The van der Waals surface area contributed by atoms with Crippen LogP contribution in [0.1, 0.15) is 6.23 Å². The summed E-state index contributed by atoms with van der Waals surface area (Å²) in [5, 5.41) is 23.4. The zero-order valence-electron chi connectivity index (χ0n) is 14.6.